The van der Waals surface area contributed by atoms with E-state index in [0.29, 0.717) is 0 Å². The minimum Gasteiger partial charge on any atom is -0.391 e. The summed E-state index contributed by atoms with van der Waals surface area (Å²) >= 11 is 0. The van der Waals surface area contributed by atoms with Gasteiger partial charge >= 0.3 is 0 Å². The molecule has 1 aromatic carbocycles. The lowest BCUT2D eigenvalue weighted by Gasteiger charge is -2.33. The summed E-state index contributed by atoms with van der Waals surface area (Å²) in [5.74, 6) is 0. The highest BCUT2D eigenvalue weighted by Gasteiger charge is 2.18. The van der Waals surface area contributed by atoms with Gasteiger partial charge in [0.25, 0.3) is 0 Å². The Labute approximate surface area is 407 Å². The minimum atomic E-state index is 0.209. The number of aromatic nitrogens is 3. The fourth-order valence-electron chi connectivity index (χ4n) is 6.24. The Kier molecular flexibility index (Phi) is 42.1. The lowest BCUT2D eigenvalue weighted by atomic mass is 10.2. The van der Waals surface area contributed by atoms with Crippen LogP contribution < -0.4 is 13.7 Å². The number of benzene rings is 1. The summed E-state index contributed by atoms with van der Waals surface area (Å²) in [6, 6.07) is 25.1. The van der Waals surface area contributed by atoms with Crippen LogP contribution in [0.2, 0.25) is 0 Å². The van der Waals surface area contributed by atoms with E-state index in [4.69, 9.17) is 19.7 Å². The quantitative estimate of drug-likeness (QED) is 0.0375. The summed E-state index contributed by atoms with van der Waals surface area (Å²) in [5, 5.41) is 19.0. The van der Waals surface area contributed by atoms with Crippen LogP contribution in [0.15, 0.2) is 104 Å². The zero-order valence-corrected chi connectivity index (χ0v) is 45.2. The molecule has 10 nitrogen and oxygen atoms in total. The van der Waals surface area contributed by atoms with Crippen molar-refractivity contribution in [1.82, 2.24) is 0 Å². The number of hydrogen-bond donors (Lipinski definition) is 2. The highest BCUT2D eigenvalue weighted by Crippen LogP contribution is 2.08. The number of aryl methyl sites for hydroxylation is 2. The first-order chi connectivity index (χ1) is 31.6. The largest absolute Gasteiger partial charge is 0.391 e. The summed E-state index contributed by atoms with van der Waals surface area (Å²) in [6.45, 7) is 25.1. The SMILES string of the molecule is CCCC[N+](C)(C)C.CCCC[N+](C)(CCO)CCO.CCCC[n+]1cccc2ccccc21.CCCC[n+]1ccccc1.CCCOCC[N+](C)(C)C.CCCOCC[n+]1ccccc1. The number of unbranched alkanes of at least 4 members (excludes halogenated alkanes) is 4. The van der Waals surface area contributed by atoms with Crippen LogP contribution in [0, 0.1) is 0 Å². The van der Waals surface area contributed by atoms with E-state index in [-0.39, 0.29) is 13.2 Å². The minimum absolute atomic E-state index is 0.209. The average molecular weight is 928 g/mol. The Hall–Kier alpha value is -3.35. The lowest BCUT2D eigenvalue weighted by molar-refractivity contribution is -0.910. The number of para-hydroxylation sites is 1. The van der Waals surface area contributed by atoms with Gasteiger partial charge in [-0.05, 0) is 37.8 Å². The van der Waals surface area contributed by atoms with Crippen LogP contribution in [0.5, 0.6) is 0 Å². The Bertz CT molecular complexity index is 1590. The predicted molar refractivity (Wildman–Crippen MR) is 280 cm³/mol. The molecule has 0 spiro atoms. The second-order valence-corrected chi connectivity index (χ2v) is 19.4. The topological polar surface area (TPSA) is 70.6 Å². The number of nitrogens with zero attached hydrogens (tertiary/aromatic N) is 6. The molecule has 0 atom stereocenters. The van der Waals surface area contributed by atoms with E-state index in [9.17, 15) is 0 Å². The summed E-state index contributed by atoms with van der Waals surface area (Å²) < 4.78 is 20.3. The fourth-order valence-corrected chi connectivity index (χ4v) is 6.24. The molecule has 0 aliphatic rings. The van der Waals surface area contributed by atoms with E-state index in [1.807, 2.05) is 24.3 Å². The third-order valence-electron chi connectivity index (χ3n) is 10.5. The molecule has 0 aliphatic heterocycles. The molecular formula is C56H106N6O4+6. The van der Waals surface area contributed by atoms with Crippen molar-refractivity contribution >= 4 is 10.9 Å². The van der Waals surface area contributed by atoms with Crippen molar-refractivity contribution < 1.29 is 46.8 Å². The zero-order chi connectivity index (χ0) is 49.8. The smallest absolute Gasteiger partial charge is 0.212 e. The van der Waals surface area contributed by atoms with Gasteiger partial charge in [-0.25, -0.2) is 9.13 Å². The van der Waals surface area contributed by atoms with Gasteiger partial charge in [0.1, 0.15) is 39.3 Å². The van der Waals surface area contributed by atoms with Gasteiger partial charge in [-0.1, -0.05) is 91.5 Å². The number of aliphatic hydroxyl groups excluding tert-OH is 2. The normalized spacial score (nSPS) is 11.0. The first-order valence-corrected chi connectivity index (χ1v) is 25.7. The second kappa shape index (κ2) is 43.0. The molecule has 378 valence electrons. The Balaban J connectivity index is 0. The molecule has 0 bridgehead atoms. The molecule has 0 fully saturated rings. The van der Waals surface area contributed by atoms with E-state index in [2.05, 4.69) is 184 Å². The fraction of sp³-hybridized carbons (Fsp3) is 0.661. The van der Waals surface area contributed by atoms with E-state index < -0.39 is 0 Å². The molecule has 4 aromatic rings. The number of fused-ring (bicyclic) bond motifs is 1. The number of likely N-dealkylation sites (N-methyl/N-ethyl adjacent to an activating group) is 2. The molecule has 4 rings (SSSR count). The zero-order valence-electron chi connectivity index (χ0n) is 45.2. The number of pyridine rings is 3. The van der Waals surface area contributed by atoms with Crippen LogP contribution in [-0.4, -0.2) is 145 Å². The standard InChI is InChI=1S/C13H16N.C10H16NO.C9H22NO2.C9H14N.C8H20NO.C7H18N/c1-2-3-10-14-11-6-8-12-7-4-5-9-13(12)14;1-2-9-12-10-8-11-6-4-3-5-7-11;1-3-4-5-10(2,6-8-11)7-9-12;1-2-3-7-10-8-5-4-6-9-10;1-5-7-10-8-6-9(2,3)4;1-5-6-7-8(2,3)4/h4-9,11H,2-3,10H2,1H3;3-7H,2,8-10H2,1H3;11-12H,3-9H2,1-2H3;4-6,8-9H,2-3,7H2,1H3;5-8H2,1-4H3;5-7H2,1-4H3/q6*+1. The van der Waals surface area contributed by atoms with Gasteiger partial charge in [0.2, 0.25) is 5.52 Å². The molecule has 0 saturated carbocycles. The Morgan fingerprint density at radius 3 is 1.33 bits per heavy atom. The van der Waals surface area contributed by atoms with E-state index in [1.165, 1.54) is 62.4 Å². The van der Waals surface area contributed by atoms with E-state index in [1.54, 1.807) is 0 Å². The van der Waals surface area contributed by atoms with Crippen molar-refractivity contribution in [3.63, 3.8) is 0 Å². The van der Waals surface area contributed by atoms with E-state index in [0.717, 1.165) is 105 Å². The third-order valence-corrected chi connectivity index (χ3v) is 10.5. The summed E-state index contributed by atoms with van der Waals surface area (Å²) in [6.07, 6.45) is 22.7. The molecule has 0 aliphatic carbocycles. The van der Waals surface area contributed by atoms with Gasteiger partial charge < -0.3 is 33.1 Å². The van der Waals surface area contributed by atoms with Crippen molar-refractivity contribution in [1.29, 1.82) is 0 Å². The number of ether oxygens (including phenoxy) is 2. The third kappa shape index (κ3) is 40.9. The molecule has 0 radical (unpaired) electrons. The molecule has 2 N–H and O–H groups in total. The number of rotatable bonds is 26. The lowest BCUT2D eigenvalue weighted by Crippen LogP contribution is -2.48. The van der Waals surface area contributed by atoms with Crippen LogP contribution in [0.4, 0.5) is 0 Å². The van der Waals surface area contributed by atoms with Gasteiger partial charge in [0.05, 0.1) is 82.2 Å². The molecule has 0 amide bonds. The summed E-state index contributed by atoms with van der Waals surface area (Å²) in [5.41, 5.74) is 1.34. The predicted octanol–water partition coefficient (Wildman–Crippen LogP) is 8.93. The van der Waals surface area contributed by atoms with Crippen LogP contribution in [0.25, 0.3) is 10.9 Å². The van der Waals surface area contributed by atoms with Crippen LogP contribution in [0.3, 0.4) is 0 Å². The highest BCUT2D eigenvalue weighted by molar-refractivity contribution is 5.74. The van der Waals surface area contributed by atoms with E-state index >= 15 is 0 Å². The highest BCUT2D eigenvalue weighted by atomic mass is 16.5. The molecule has 0 unspecified atom stereocenters. The first kappa shape index (κ1) is 64.7. The molecule has 66 heavy (non-hydrogen) atoms. The van der Waals surface area contributed by atoms with Gasteiger partial charge in [-0.2, -0.15) is 4.57 Å². The van der Waals surface area contributed by atoms with Crippen molar-refractivity contribution in [2.75, 3.05) is 122 Å². The Morgan fingerprint density at radius 1 is 0.409 bits per heavy atom. The molecule has 0 saturated heterocycles. The Morgan fingerprint density at radius 2 is 0.864 bits per heavy atom. The maximum absolute atomic E-state index is 8.83. The first-order valence-electron chi connectivity index (χ1n) is 25.7. The summed E-state index contributed by atoms with van der Waals surface area (Å²) in [7, 11) is 15.3. The maximum atomic E-state index is 8.83. The number of quaternary nitrogens is 3. The van der Waals surface area contributed by atoms with Gasteiger partial charge in [0.15, 0.2) is 37.5 Å². The van der Waals surface area contributed by atoms with Gasteiger partial charge in [-0.3, -0.25) is 0 Å². The molecule has 3 aromatic heterocycles. The van der Waals surface area contributed by atoms with Crippen molar-refractivity contribution in [2.45, 2.75) is 125 Å². The van der Waals surface area contributed by atoms with Crippen LogP contribution >= 0.6 is 0 Å². The van der Waals surface area contributed by atoms with Gasteiger partial charge in [-0.15, -0.1) is 0 Å². The second-order valence-electron chi connectivity index (χ2n) is 19.4. The summed E-state index contributed by atoms with van der Waals surface area (Å²) in [4.78, 5) is 0. The van der Waals surface area contributed by atoms with Crippen molar-refractivity contribution in [2.24, 2.45) is 0 Å². The van der Waals surface area contributed by atoms with Crippen LogP contribution in [-0.2, 0) is 29.1 Å². The van der Waals surface area contributed by atoms with Crippen molar-refractivity contribution in [3.05, 3.63) is 104 Å². The number of hydrogen-bond acceptors (Lipinski definition) is 4. The number of aliphatic hydroxyl groups is 2. The molecular weight excluding hydrogens is 821 g/mol. The maximum Gasteiger partial charge on any atom is 0.212 e. The monoisotopic (exact) mass is 927 g/mol. The van der Waals surface area contributed by atoms with Crippen molar-refractivity contribution in [3.8, 4) is 0 Å². The van der Waals surface area contributed by atoms with Crippen LogP contribution in [0.1, 0.15) is 106 Å². The molecule has 10 heteroatoms. The molecule has 3 heterocycles. The van der Waals surface area contributed by atoms with Gasteiger partial charge in [0, 0.05) is 67.8 Å². The average Bonchev–Trinajstić information content (AvgIpc) is 3.30.